The number of benzene rings is 1. The van der Waals surface area contributed by atoms with Crippen LogP contribution in [0.2, 0.25) is 10.0 Å². The van der Waals surface area contributed by atoms with Crippen molar-refractivity contribution in [2.24, 2.45) is 5.92 Å². The number of nitrogens with zero attached hydrogens (tertiary/aromatic N) is 1. The zero-order chi connectivity index (χ0) is 14.9. The summed E-state index contributed by atoms with van der Waals surface area (Å²) in [5.74, 6) is -0.821. The molecule has 1 aromatic carbocycles. The Morgan fingerprint density at radius 1 is 1.30 bits per heavy atom. The highest BCUT2D eigenvalue weighted by molar-refractivity contribution is 7.89. The number of rotatable bonds is 3. The first-order valence-corrected chi connectivity index (χ1v) is 8.32. The Morgan fingerprint density at radius 2 is 1.90 bits per heavy atom. The van der Waals surface area contributed by atoms with E-state index in [0.717, 1.165) is 0 Å². The van der Waals surface area contributed by atoms with Gasteiger partial charge in [0.15, 0.2) is 5.82 Å². The fourth-order valence-electron chi connectivity index (χ4n) is 2.18. The topological polar surface area (TPSA) is 57.6 Å². The molecule has 20 heavy (non-hydrogen) atoms. The van der Waals surface area contributed by atoms with Crippen LogP contribution in [0.5, 0.6) is 0 Å². The standard InChI is InChI=1S/C12H14Cl2FNO3S/c13-9-1-2-10(11(14)12(9)15)20(18,19)16-5-3-8(7-17)4-6-16/h1-2,8,17H,3-7H2. The van der Waals surface area contributed by atoms with E-state index >= 15 is 0 Å². The third-order valence-corrected chi connectivity index (χ3v) is 6.16. The third kappa shape index (κ3) is 2.94. The Morgan fingerprint density at radius 3 is 2.45 bits per heavy atom. The highest BCUT2D eigenvalue weighted by Gasteiger charge is 2.31. The van der Waals surface area contributed by atoms with Gasteiger partial charge in [-0.1, -0.05) is 23.2 Å². The second-order valence-corrected chi connectivity index (χ2v) is 7.40. The van der Waals surface area contributed by atoms with Crippen molar-refractivity contribution < 1.29 is 17.9 Å². The molecule has 0 radical (unpaired) electrons. The first kappa shape index (κ1) is 16.0. The van der Waals surface area contributed by atoms with Crippen LogP contribution >= 0.6 is 23.2 Å². The minimum Gasteiger partial charge on any atom is -0.396 e. The summed E-state index contributed by atoms with van der Waals surface area (Å²) in [7, 11) is -3.84. The molecule has 1 heterocycles. The molecule has 0 saturated carbocycles. The van der Waals surface area contributed by atoms with E-state index in [9.17, 15) is 12.8 Å². The van der Waals surface area contributed by atoms with Gasteiger partial charge in [-0.2, -0.15) is 4.31 Å². The van der Waals surface area contributed by atoms with E-state index in [1.807, 2.05) is 0 Å². The normalized spacial score (nSPS) is 18.4. The van der Waals surface area contributed by atoms with E-state index in [4.69, 9.17) is 28.3 Å². The van der Waals surface area contributed by atoms with Gasteiger partial charge in [0.25, 0.3) is 0 Å². The van der Waals surface area contributed by atoms with Crippen LogP contribution in [0.3, 0.4) is 0 Å². The molecule has 0 amide bonds. The van der Waals surface area contributed by atoms with Crippen molar-refractivity contribution >= 4 is 33.2 Å². The van der Waals surface area contributed by atoms with Gasteiger partial charge >= 0.3 is 0 Å². The fourth-order valence-corrected chi connectivity index (χ4v) is 4.37. The molecule has 1 aliphatic rings. The van der Waals surface area contributed by atoms with Crippen LogP contribution in [0.4, 0.5) is 4.39 Å². The van der Waals surface area contributed by atoms with Gasteiger partial charge in [-0.3, -0.25) is 0 Å². The summed E-state index contributed by atoms with van der Waals surface area (Å²) in [6.45, 7) is 0.618. The molecule has 0 aromatic heterocycles. The van der Waals surface area contributed by atoms with Crippen LogP contribution in [0.25, 0.3) is 0 Å². The molecule has 0 atom stereocenters. The number of hydrogen-bond acceptors (Lipinski definition) is 3. The van der Waals surface area contributed by atoms with E-state index in [1.165, 1.54) is 16.4 Å². The quantitative estimate of drug-likeness (QED) is 0.859. The number of aliphatic hydroxyl groups excluding tert-OH is 1. The predicted molar refractivity (Wildman–Crippen MR) is 75.0 cm³/mol. The average Bonchev–Trinajstić information content (AvgIpc) is 2.44. The lowest BCUT2D eigenvalue weighted by Gasteiger charge is -2.30. The Bertz CT molecular complexity index is 601. The zero-order valence-electron chi connectivity index (χ0n) is 10.5. The number of halogens is 3. The monoisotopic (exact) mass is 341 g/mol. The van der Waals surface area contributed by atoms with E-state index in [0.29, 0.717) is 12.8 Å². The van der Waals surface area contributed by atoms with E-state index < -0.39 is 20.9 Å². The van der Waals surface area contributed by atoms with Crippen LogP contribution < -0.4 is 0 Å². The second-order valence-electron chi connectivity index (χ2n) is 4.70. The minimum absolute atomic E-state index is 0.0459. The van der Waals surface area contributed by atoms with Crippen molar-refractivity contribution in [3.63, 3.8) is 0 Å². The van der Waals surface area contributed by atoms with Crippen molar-refractivity contribution in [1.29, 1.82) is 0 Å². The Balaban J connectivity index is 2.30. The molecule has 4 nitrogen and oxygen atoms in total. The van der Waals surface area contributed by atoms with Crippen LogP contribution in [0.1, 0.15) is 12.8 Å². The lowest BCUT2D eigenvalue weighted by molar-refractivity contribution is 0.170. The number of aliphatic hydroxyl groups is 1. The molecule has 0 spiro atoms. The van der Waals surface area contributed by atoms with Crippen molar-refractivity contribution in [3.05, 3.63) is 28.0 Å². The zero-order valence-corrected chi connectivity index (χ0v) is 12.8. The third-order valence-electron chi connectivity index (χ3n) is 3.45. The molecule has 8 heteroatoms. The molecule has 1 aromatic rings. The van der Waals surface area contributed by atoms with Gasteiger partial charge in [-0.05, 0) is 30.9 Å². The smallest absolute Gasteiger partial charge is 0.244 e. The highest BCUT2D eigenvalue weighted by Crippen LogP contribution is 2.32. The molecular weight excluding hydrogens is 328 g/mol. The molecular formula is C12H14Cl2FNO3S. The summed E-state index contributed by atoms with van der Waals surface area (Å²) < 4.78 is 39.8. The van der Waals surface area contributed by atoms with Gasteiger partial charge in [-0.15, -0.1) is 0 Å². The van der Waals surface area contributed by atoms with Crippen LogP contribution in [0.15, 0.2) is 17.0 Å². The van der Waals surface area contributed by atoms with Crippen LogP contribution in [-0.4, -0.2) is 37.5 Å². The molecule has 0 aliphatic carbocycles. The van der Waals surface area contributed by atoms with Gasteiger partial charge in [0, 0.05) is 19.7 Å². The number of hydrogen-bond donors (Lipinski definition) is 1. The number of piperidine rings is 1. The fraction of sp³-hybridized carbons (Fsp3) is 0.500. The van der Waals surface area contributed by atoms with Crippen LogP contribution in [-0.2, 0) is 10.0 Å². The highest BCUT2D eigenvalue weighted by atomic mass is 35.5. The van der Waals surface area contributed by atoms with Gasteiger partial charge in [0.1, 0.15) is 4.90 Å². The maximum absolute atomic E-state index is 13.6. The first-order valence-electron chi connectivity index (χ1n) is 6.12. The summed E-state index contributed by atoms with van der Waals surface area (Å²) in [5, 5.41) is 8.36. The molecule has 0 bridgehead atoms. The summed E-state index contributed by atoms with van der Waals surface area (Å²) in [6.07, 6.45) is 1.15. The molecule has 112 valence electrons. The van der Waals surface area contributed by atoms with Gasteiger partial charge in [0.2, 0.25) is 10.0 Å². The Labute approximate surface area is 127 Å². The second kappa shape index (κ2) is 6.15. The average molecular weight is 342 g/mol. The molecule has 2 rings (SSSR count). The molecule has 0 unspecified atom stereocenters. The van der Waals surface area contributed by atoms with Gasteiger partial charge in [0.05, 0.1) is 10.0 Å². The van der Waals surface area contributed by atoms with Crippen molar-refractivity contribution in [3.8, 4) is 0 Å². The maximum Gasteiger partial charge on any atom is 0.244 e. The molecule has 1 N–H and O–H groups in total. The van der Waals surface area contributed by atoms with Crippen molar-refractivity contribution in [1.82, 2.24) is 4.31 Å². The summed E-state index contributed by atoms with van der Waals surface area (Å²) in [4.78, 5) is -0.275. The lowest BCUT2D eigenvalue weighted by Crippen LogP contribution is -2.39. The Kier molecular flexibility index (Phi) is 4.92. The SMILES string of the molecule is O=S(=O)(c1ccc(Cl)c(F)c1Cl)N1CCC(CO)CC1. The summed E-state index contributed by atoms with van der Waals surface area (Å²) in [5.41, 5.74) is 0. The van der Waals surface area contributed by atoms with Crippen molar-refractivity contribution in [2.45, 2.75) is 17.7 Å². The van der Waals surface area contributed by atoms with Gasteiger partial charge in [-0.25, -0.2) is 12.8 Å². The number of sulfonamides is 1. The molecule has 1 fully saturated rings. The summed E-state index contributed by atoms with van der Waals surface area (Å²) >= 11 is 11.3. The lowest BCUT2D eigenvalue weighted by atomic mass is 10.00. The largest absolute Gasteiger partial charge is 0.396 e. The van der Waals surface area contributed by atoms with E-state index in [1.54, 1.807) is 0 Å². The van der Waals surface area contributed by atoms with E-state index in [-0.39, 0.29) is 35.5 Å². The van der Waals surface area contributed by atoms with Crippen molar-refractivity contribution in [2.75, 3.05) is 19.7 Å². The molecule has 1 aliphatic heterocycles. The first-order chi connectivity index (χ1) is 9.37. The Hall–Kier alpha value is -0.400. The van der Waals surface area contributed by atoms with E-state index in [2.05, 4.69) is 0 Å². The van der Waals surface area contributed by atoms with Crippen LogP contribution in [0, 0.1) is 11.7 Å². The molecule has 1 saturated heterocycles. The maximum atomic E-state index is 13.6. The summed E-state index contributed by atoms with van der Waals surface area (Å²) in [6, 6.07) is 2.39. The predicted octanol–water partition coefficient (Wildman–Crippen LogP) is 2.53. The minimum atomic E-state index is -3.84. The van der Waals surface area contributed by atoms with Gasteiger partial charge < -0.3 is 5.11 Å².